The number of carbonyl (C=O) groups is 1. The summed E-state index contributed by atoms with van der Waals surface area (Å²) >= 11 is 6.20. The van der Waals surface area contributed by atoms with Gasteiger partial charge < -0.3 is 14.7 Å². The Balaban J connectivity index is 2.12. The third-order valence-corrected chi connectivity index (χ3v) is 5.15. The van der Waals surface area contributed by atoms with Crippen molar-refractivity contribution in [2.45, 2.75) is 38.6 Å². The number of hydrogen-bond acceptors (Lipinski definition) is 5. The maximum atomic E-state index is 12.9. The fraction of sp³-hybridized carbons (Fsp3) is 0.381. The van der Waals surface area contributed by atoms with Crippen LogP contribution in [0.4, 0.5) is 0 Å². The van der Waals surface area contributed by atoms with Gasteiger partial charge in [-0.25, -0.2) is 4.79 Å². The molecule has 0 amide bonds. The Hall–Kier alpha value is -2.80. The zero-order chi connectivity index (χ0) is 21.1. The van der Waals surface area contributed by atoms with Gasteiger partial charge in [0.2, 0.25) is 0 Å². The number of aromatic nitrogens is 1. The molecule has 2 heterocycles. The molecule has 0 saturated heterocycles. The Morgan fingerprint density at radius 1 is 1.34 bits per heavy atom. The molecule has 7 nitrogen and oxygen atoms in total. The van der Waals surface area contributed by atoms with Gasteiger partial charge in [-0.1, -0.05) is 36.7 Å². The number of aliphatic carboxylic acids is 1. The van der Waals surface area contributed by atoms with Crippen LogP contribution in [0.3, 0.4) is 0 Å². The second kappa shape index (κ2) is 8.69. The third-order valence-electron chi connectivity index (χ3n) is 4.92. The number of carboxylic acids is 1. The minimum absolute atomic E-state index is 0.0894. The monoisotopic (exact) mass is 418 g/mol. The number of ether oxygens (including phenoxy) is 1. The maximum Gasteiger partial charge on any atom is 0.327 e. The van der Waals surface area contributed by atoms with E-state index >= 15 is 0 Å². The molecule has 0 spiro atoms. The van der Waals surface area contributed by atoms with E-state index in [0.29, 0.717) is 35.1 Å². The molecule has 0 fully saturated rings. The Kier molecular flexibility index (Phi) is 6.27. The fourth-order valence-corrected chi connectivity index (χ4v) is 3.60. The molecule has 2 aromatic rings. The molecule has 0 radical (unpaired) electrons. The van der Waals surface area contributed by atoms with E-state index < -0.39 is 17.6 Å². The largest absolute Gasteiger partial charge is 0.495 e. The van der Waals surface area contributed by atoms with Crippen LogP contribution >= 0.6 is 11.6 Å². The van der Waals surface area contributed by atoms with Crippen LogP contribution < -0.4 is 10.3 Å². The van der Waals surface area contributed by atoms with Crippen LogP contribution in [0.2, 0.25) is 5.02 Å². The van der Waals surface area contributed by atoms with E-state index in [-0.39, 0.29) is 12.3 Å². The summed E-state index contributed by atoms with van der Waals surface area (Å²) in [6.45, 7) is 4.52. The molecule has 0 aliphatic carbocycles. The minimum Gasteiger partial charge on any atom is -0.495 e. The van der Waals surface area contributed by atoms with Crippen molar-refractivity contribution in [1.29, 1.82) is 0 Å². The standard InChI is InChI=1S/C21H23ClN2O5/c1-12(2)15-5-4-13(22)8-16(15)17-10-20(25)24(11-19(17)28-3)18(21(26)27)9-14-6-7-29-23-14/h4-5,8,10-12,18H,6-7,9H2,1-3H3,(H,26,27). The summed E-state index contributed by atoms with van der Waals surface area (Å²) < 4.78 is 6.69. The molecule has 1 aromatic heterocycles. The van der Waals surface area contributed by atoms with Crippen molar-refractivity contribution in [3.05, 3.63) is 51.4 Å². The topological polar surface area (TPSA) is 90.1 Å². The van der Waals surface area contributed by atoms with Crippen molar-refractivity contribution in [2.75, 3.05) is 13.7 Å². The Morgan fingerprint density at radius 2 is 2.10 bits per heavy atom. The van der Waals surface area contributed by atoms with Gasteiger partial charge in [0.15, 0.2) is 0 Å². The van der Waals surface area contributed by atoms with E-state index in [4.69, 9.17) is 21.2 Å². The first kappa shape index (κ1) is 20.9. The summed E-state index contributed by atoms with van der Waals surface area (Å²) in [4.78, 5) is 29.7. The molecule has 0 bridgehead atoms. The summed E-state index contributed by atoms with van der Waals surface area (Å²) in [5.74, 6) is -0.534. The van der Waals surface area contributed by atoms with Gasteiger partial charge in [-0.05, 0) is 29.2 Å². The van der Waals surface area contributed by atoms with Gasteiger partial charge >= 0.3 is 5.97 Å². The molecular weight excluding hydrogens is 396 g/mol. The van der Waals surface area contributed by atoms with Crippen LogP contribution in [-0.2, 0) is 9.63 Å². The number of rotatable bonds is 7. The average Bonchev–Trinajstić information content (AvgIpc) is 3.19. The van der Waals surface area contributed by atoms with Crippen molar-refractivity contribution < 1.29 is 19.5 Å². The molecule has 1 unspecified atom stereocenters. The second-order valence-electron chi connectivity index (χ2n) is 7.19. The number of halogens is 1. The summed E-state index contributed by atoms with van der Waals surface area (Å²) in [5.41, 5.74) is 2.54. The molecule has 1 aliphatic rings. The predicted molar refractivity (Wildman–Crippen MR) is 111 cm³/mol. The van der Waals surface area contributed by atoms with Crippen LogP contribution in [0.25, 0.3) is 11.1 Å². The fourth-order valence-electron chi connectivity index (χ4n) is 3.42. The third kappa shape index (κ3) is 4.45. The molecule has 154 valence electrons. The highest BCUT2D eigenvalue weighted by Crippen LogP contribution is 2.36. The number of methoxy groups -OCH3 is 1. The average molecular weight is 419 g/mol. The zero-order valence-corrected chi connectivity index (χ0v) is 17.3. The first-order valence-corrected chi connectivity index (χ1v) is 9.70. The van der Waals surface area contributed by atoms with E-state index in [1.165, 1.54) is 23.9 Å². The number of oxime groups is 1. The van der Waals surface area contributed by atoms with Gasteiger partial charge in [0.05, 0.1) is 19.0 Å². The lowest BCUT2D eigenvalue weighted by atomic mass is 9.92. The molecule has 1 atom stereocenters. The normalized spacial score (nSPS) is 14.4. The number of pyridine rings is 1. The molecule has 8 heteroatoms. The smallest absolute Gasteiger partial charge is 0.327 e. The molecule has 3 rings (SSSR count). The van der Waals surface area contributed by atoms with E-state index in [0.717, 1.165) is 11.1 Å². The van der Waals surface area contributed by atoms with E-state index in [1.54, 1.807) is 12.1 Å². The van der Waals surface area contributed by atoms with E-state index in [9.17, 15) is 14.7 Å². The van der Waals surface area contributed by atoms with Crippen LogP contribution in [0.1, 0.15) is 44.2 Å². The molecule has 1 N–H and O–H groups in total. The summed E-state index contributed by atoms with van der Waals surface area (Å²) in [6.07, 6.45) is 2.08. The maximum absolute atomic E-state index is 12.9. The molecule has 1 aromatic carbocycles. The Morgan fingerprint density at radius 3 is 2.69 bits per heavy atom. The number of hydrogen-bond donors (Lipinski definition) is 1. The van der Waals surface area contributed by atoms with Crippen LogP contribution in [0.15, 0.2) is 40.4 Å². The van der Waals surface area contributed by atoms with Crippen molar-refractivity contribution in [2.24, 2.45) is 5.16 Å². The van der Waals surface area contributed by atoms with Crippen molar-refractivity contribution >= 4 is 23.3 Å². The molecule has 29 heavy (non-hydrogen) atoms. The molecule has 0 saturated carbocycles. The van der Waals surface area contributed by atoms with Gasteiger partial charge in [-0.2, -0.15) is 0 Å². The van der Waals surface area contributed by atoms with Crippen molar-refractivity contribution in [3.63, 3.8) is 0 Å². The first-order chi connectivity index (χ1) is 13.8. The highest BCUT2D eigenvalue weighted by Gasteiger charge is 2.26. The van der Waals surface area contributed by atoms with Gasteiger partial charge in [0, 0.05) is 29.5 Å². The van der Waals surface area contributed by atoms with Gasteiger partial charge in [-0.15, -0.1) is 0 Å². The highest BCUT2D eigenvalue weighted by atomic mass is 35.5. The van der Waals surface area contributed by atoms with Crippen LogP contribution in [-0.4, -0.2) is 35.1 Å². The zero-order valence-electron chi connectivity index (χ0n) is 16.5. The first-order valence-electron chi connectivity index (χ1n) is 9.32. The molecule has 1 aliphatic heterocycles. The SMILES string of the molecule is COc1cn(C(CC2=NOCC2)C(=O)O)c(=O)cc1-c1cc(Cl)ccc1C(C)C. The van der Waals surface area contributed by atoms with Crippen molar-refractivity contribution in [1.82, 2.24) is 4.57 Å². The number of nitrogens with zero attached hydrogens (tertiary/aromatic N) is 2. The van der Waals surface area contributed by atoms with E-state index in [2.05, 4.69) is 5.16 Å². The second-order valence-corrected chi connectivity index (χ2v) is 7.62. The lowest BCUT2D eigenvalue weighted by molar-refractivity contribution is -0.140. The summed E-state index contributed by atoms with van der Waals surface area (Å²) in [7, 11) is 1.48. The quantitative estimate of drug-likeness (QED) is 0.731. The summed E-state index contributed by atoms with van der Waals surface area (Å²) in [5, 5.41) is 14.1. The lowest BCUT2D eigenvalue weighted by Crippen LogP contribution is -2.31. The molecular formula is C21H23ClN2O5. The van der Waals surface area contributed by atoms with Gasteiger partial charge in [0.1, 0.15) is 18.4 Å². The van der Waals surface area contributed by atoms with Gasteiger partial charge in [-0.3, -0.25) is 9.36 Å². The lowest BCUT2D eigenvalue weighted by Gasteiger charge is -2.20. The minimum atomic E-state index is -1.12. The van der Waals surface area contributed by atoms with E-state index in [1.807, 2.05) is 19.9 Å². The predicted octanol–water partition coefficient (Wildman–Crippen LogP) is 4.09. The number of carboxylic acid groups (broad SMARTS) is 1. The highest BCUT2D eigenvalue weighted by molar-refractivity contribution is 6.30. The Bertz CT molecular complexity index is 1010. The van der Waals surface area contributed by atoms with Crippen LogP contribution in [0.5, 0.6) is 5.75 Å². The number of benzene rings is 1. The summed E-state index contributed by atoms with van der Waals surface area (Å²) in [6, 6.07) is 5.82. The van der Waals surface area contributed by atoms with Crippen molar-refractivity contribution in [3.8, 4) is 16.9 Å². The van der Waals surface area contributed by atoms with Crippen LogP contribution in [0, 0.1) is 0 Å². The Labute approximate surface area is 173 Å². The van der Waals surface area contributed by atoms with Gasteiger partial charge in [0.25, 0.3) is 5.56 Å².